The average molecular weight is 361 g/mol. The maximum atomic E-state index is 12.5. The number of amides is 1. The molecule has 134 valence electrons. The molecule has 2 rings (SSSR count). The number of rotatable bonds is 7. The van der Waals surface area contributed by atoms with Gasteiger partial charge < -0.3 is 14.8 Å². The summed E-state index contributed by atoms with van der Waals surface area (Å²) in [6.45, 7) is 3.80. The van der Waals surface area contributed by atoms with E-state index in [2.05, 4.69) is 17.9 Å². The molecule has 0 aliphatic carbocycles. The number of methoxy groups -OCH3 is 1. The molecule has 1 N–H and O–H groups in total. The quantitative estimate of drug-likeness (QED) is 0.588. The molecule has 0 fully saturated rings. The second kappa shape index (κ2) is 8.76. The number of carbonyl (C=O) groups excluding carboxylic acids is 2. The largest absolute Gasteiger partial charge is 0.497 e. The molecule has 2 aromatic carbocycles. The Balaban J connectivity index is 2.15. The number of ether oxygens (including phenoxy) is 2. The molecule has 25 heavy (non-hydrogen) atoms. The third kappa shape index (κ3) is 4.66. The number of thiol groups is 1. The summed E-state index contributed by atoms with van der Waals surface area (Å²) in [5, 5.41) is 4.77. The molecule has 0 aliphatic heterocycles. The minimum Gasteiger partial charge on any atom is -0.497 e. The molecule has 1 unspecified atom stereocenters. The molecule has 0 radical (unpaired) electrons. The lowest BCUT2D eigenvalue weighted by atomic mass is 9.96. The third-order valence-corrected chi connectivity index (χ3v) is 4.40. The zero-order chi connectivity index (χ0) is 18.4. The van der Waals surface area contributed by atoms with Crippen molar-refractivity contribution in [2.75, 3.05) is 19.5 Å². The van der Waals surface area contributed by atoms with Gasteiger partial charge in [-0.15, -0.1) is 0 Å². The van der Waals surface area contributed by atoms with E-state index >= 15 is 0 Å². The highest BCUT2D eigenvalue weighted by molar-refractivity contribution is 7.80. The van der Waals surface area contributed by atoms with E-state index in [9.17, 15) is 9.59 Å². The van der Waals surface area contributed by atoms with Gasteiger partial charge in [-0.25, -0.2) is 4.79 Å². The van der Waals surface area contributed by atoms with Crippen LogP contribution in [0.2, 0.25) is 0 Å². The second-order valence-corrected chi connectivity index (χ2v) is 6.06. The van der Waals surface area contributed by atoms with E-state index in [1.807, 2.05) is 36.4 Å². The Kier molecular flexibility index (Phi) is 6.70. The van der Waals surface area contributed by atoms with Crippen LogP contribution in [0.15, 0.2) is 36.4 Å². The van der Waals surface area contributed by atoms with Crippen LogP contribution in [0.25, 0.3) is 10.8 Å². The van der Waals surface area contributed by atoms with E-state index < -0.39 is 17.9 Å². The lowest BCUT2D eigenvalue weighted by Crippen LogP contribution is -2.44. The second-order valence-electron chi connectivity index (χ2n) is 5.69. The van der Waals surface area contributed by atoms with E-state index in [-0.39, 0.29) is 18.3 Å². The van der Waals surface area contributed by atoms with Crippen molar-refractivity contribution in [1.29, 1.82) is 0 Å². The van der Waals surface area contributed by atoms with E-state index in [1.54, 1.807) is 21.0 Å². The van der Waals surface area contributed by atoms with Gasteiger partial charge in [0.05, 0.1) is 19.6 Å². The van der Waals surface area contributed by atoms with Crippen LogP contribution in [-0.4, -0.2) is 37.4 Å². The highest BCUT2D eigenvalue weighted by Crippen LogP contribution is 2.25. The summed E-state index contributed by atoms with van der Waals surface area (Å²) in [5.74, 6) is -0.126. The average Bonchev–Trinajstić information content (AvgIpc) is 2.64. The lowest BCUT2D eigenvalue weighted by molar-refractivity contribution is -0.146. The molecule has 0 saturated heterocycles. The maximum Gasteiger partial charge on any atom is 0.329 e. The SMILES string of the molecule is CCOC(=O)[C@H](CS)NC(=O)C(C)c1ccc2cc(OC)ccc2c1. The maximum absolute atomic E-state index is 12.5. The van der Waals surface area contributed by atoms with Crippen molar-refractivity contribution in [3.8, 4) is 5.75 Å². The highest BCUT2D eigenvalue weighted by atomic mass is 32.1. The standard InChI is InChI=1S/C19H23NO4S/c1-4-24-19(22)17(11-25)20-18(21)12(2)13-5-6-15-10-16(23-3)8-7-14(15)9-13/h5-10,12,17,25H,4,11H2,1-3H3,(H,20,21)/t12?,17-/m0/s1. The first-order valence-corrected chi connectivity index (χ1v) is 8.79. The molecule has 0 heterocycles. The van der Waals surface area contributed by atoms with Crippen molar-refractivity contribution in [1.82, 2.24) is 5.32 Å². The molecule has 0 aliphatic rings. The molecule has 0 bridgehead atoms. The number of fused-ring (bicyclic) bond motifs is 1. The molecule has 0 spiro atoms. The first kappa shape index (κ1) is 19.1. The van der Waals surface area contributed by atoms with Crippen LogP contribution in [0.1, 0.15) is 25.3 Å². The number of benzene rings is 2. The van der Waals surface area contributed by atoms with Crippen molar-refractivity contribution >= 4 is 35.3 Å². The number of nitrogens with one attached hydrogen (secondary N) is 1. The Labute approximate surface area is 153 Å². The molecule has 6 heteroatoms. The molecule has 5 nitrogen and oxygen atoms in total. The number of esters is 1. The first-order valence-electron chi connectivity index (χ1n) is 8.15. The Morgan fingerprint density at radius 3 is 2.48 bits per heavy atom. The smallest absolute Gasteiger partial charge is 0.329 e. The van der Waals surface area contributed by atoms with Crippen LogP contribution in [0, 0.1) is 0 Å². The Hall–Kier alpha value is -2.21. The van der Waals surface area contributed by atoms with E-state index in [4.69, 9.17) is 9.47 Å². The van der Waals surface area contributed by atoms with Crippen LogP contribution in [0.5, 0.6) is 5.75 Å². The fourth-order valence-corrected chi connectivity index (χ4v) is 2.75. The zero-order valence-electron chi connectivity index (χ0n) is 14.6. The predicted octanol–water partition coefficient (Wildman–Crippen LogP) is 2.93. The zero-order valence-corrected chi connectivity index (χ0v) is 15.5. The lowest BCUT2D eigenvalue weighted by Gasteiger charge is -2.18. The van der Waals surface area contributed by atoms with Crippen LogP contribution in [0.4, 0.5) is 0 Å². The van der Waals surface area contributed by atoms with Crippen LogP contribution < -0.4 is 10.1 Å². The van der Waals surface area contributed by atoms with Gasteiger partial charge >= 0.3 is 5.97 Å². The first-order chi connectivity index (χ1) is 12.0. The van der Waals surface area contributed by atoms with E-state index in [0.717, 1.165) is 22.1 Å². The molecular formula is C19H23NO4S. The summed E-state index contributed by atoms with van der Waals surface area (Å²) in [7, 11) is 1.63. The van der Waals surface area contributed by atoms with Crippen LogP contribution in [0.3, 0.4) is 0 Å². The van der Waals surface area contributed by atoms with Gasteiger partial charge in [0.25, 0.3) is 0 Å². The summed E-state index contributed by atoms with van der Waals surface area (Å²) in [4.78, 5) is 24.3. The molecule has 2 aromatic rings. The van der Waals surface area contributed by atoms with Gasteiger partial charge in [-0.05, 0) is 42.3 Å². The summed E-state index contributed by atoms with van der Waals surface area (Å²) < 4.78 is 10.2. The van der Waals surface area contributed by atoms with Crippen LogP contribution in [-0.2, 0) is 14.3 Å². The van der Waals surface area contributed by atoms with Crippen molar-refractivity contribution < 1.29 is 19.1 Å². The van der Waals surface area contributed by atoms with Crippen LogP contribution >= 0.6 is 12.6 Å². The number of hydrogen-bond donors (Lipinski definition) is 2. The Morgan fingerprint density at radius 1 is 1.16 bits per heavy atom. The van der Waals surface area contributed by atoms with Gasteiger partial charge in [-0.2, -0.15) is 12.6 Å². The van der Waals surface area contributed by atoms with Crippen molar-refractivity contribution in [2.24, 2.45) is 0 Å². The van der Waals surface area contributed by atoms with E-state index in [0.29, 0.717) is 0 Å². The van der Waals surface area contributed by atoms with Gasteiger partial charge in [0.15, 0.2) is 0 Å². The van der Waals surface area contributed by atoms with Crippen molar-refractivity contribution in [3.05, 3.63) is 42.0 Å². The number of hydrogen-bond acceptors (Lipinski definition) is 5. The van der Waals surface area contributed by atoms with Gasteiger partial charge in [-0.1, -0.05) is 24.3 Å². The molecule has 2 atom stereocenters. The van der Waals surface area contributed by atoms with Gasteiger partial charge in [0, 0.05) is 5.75 Å². The van der Waals surface area contributed by atoms with E-state index in [1.165, 1.54) is 0 Å². The summed E-state index contributed by atoms with van der Waals surface area (Å²) in [5.41, 5.74) is 0.872. The summed E-state index contributed by atoms with van der Waals surface area (Å²) in [6.07, 6.45) is 0. The highest BCUT2D eigenvalue weighted by Gasteiger charge is 2.24. The minimum absolute atomic E-state index is 0.189. The number of carbonyl (C=O) groups is 2. The molecular weight excluding hydrogens is 338 g/mol. The molecule has 0 saturated carbocycles. The van der Waals surface area contributed by atoms with Crippen molar-refractivity contribution in [3.63, 3.8) is 0 Å². The summed E-state index contributed by atoms with van der Waals surface area (Å²) >= 11 is 4.12. The Bertz CT molecular complexity index is 762. The normalized spacial score (nSPS) is 13.1. The van der Waals surface area contributed by atoms with Crippen molar-refractivity contribution in [2.45, 2.75) is 25.8 Å². The molecule has 0 aromatic heterocycles. The Morgan fingerprint density at radius 2 is 1.84 bits per heavy atom. The fourth-order valence-electron chi connectivity index (χ4n) is 2.51. The minimum atomic E-state index is -0.747. The predicted molar refractivity (Wildman–Crippen MR) is 101 cm³/mol. The summed E-state index contributed by atoms with van der Waals surface area (Å²) in [6, 6.07) is 10.9. The van der Waals surface area contributed by atoms with Gasteiger partial charge in [0.1, 0.15) is 11.8 Å². The van der Waals surface area contributed by atoms with Gasteiger partial charge in [-0.3, -0.25) is 4.79 Å². The molecule has 1 amide bonds. The topological polar surface area (TPSA) is 64.6 Å². The monoisotopic (exact) mass is 361 g/mol. The van der Waals surface area contributed by atoms with Gasteiger partial charge in [0.2, 0.25) is 5.91 Å². The third-order valence-electron chi connectivity index (χ3n) is 4.03. The fraction of sp³-hybridized carbons (Fsp3) is 0.368.